The Labute approximate surface area is 126 Å². The summed E-state index contributed by atoms with van der Waals surface area (Å²) >= 11 is 0. The second-order valence-electron chi connectivity index (χ2n) is 6.67. The molecule has 1 aromatic carbocycles. The van der Waals surface area contributed by atoms with Crippen molar-refractivity contribution in [2.45, 2.75) is 32.4 Å². The molecular weight excluding hydrogens is 266 g/mol. The van der Waals surface area contributed by atoms with E-state index >= 15 is 0 Å². The first kappa shape index (κ1) is 15.5. The number of carbonyl (C=O) groups is 1. The quantitative estimate of drug-likeness (QED) is 0.930. The molecular formula is C16H25N3O2. The first-order valence-electron chi connectivity index (χ1n) is 7.26. The zero-order valence-electron chi connectivity index (χ0n) is 13.5. The minimum Gasteiger partial charge on any atom is -0.444 e. The molecule has 1 fully saturated rings. The van der Waals surface area contributed by atoms with E-state index in [0.717, 1.165) is 5.69 Å². The van der Waals surface area contributed by atoms with E-state index in [4.69, 9.17) is 4.74 Å². The van der Waals surface area contributed by atoms with E-state index in [-0.39, 0.29) is 6.09 Å². The molecule has 0 radical (unpaired) electrons. The summed E-state index contributed by atoms with van der Waals surface area (Å²) in [5.41, 5.74) is 1.82. The molecule has 0 unspecified atom stereocenters. The Hall–Kier alpha value is -1.91. The molecule has 1 heterocycles. The molecule has 2 rings (SSSR count). The number of benzene rings is 1. The molecule has 5 nitrogen and oxygen atoms in total. The predicted molar refractivity (Wildman–Crippen MR) is 86.0 cm³/mol. The number of carbonyl (C=O) groups excluding carboxylic acids is 1. The van der Waals surface area contributed by atoms with Crippen LogP contribution in [0.3, 0.4) is 0 Å². The number of ether oxygens (including phenoxy) is 1. The number of rotatable bonds is 3. The van der Waals surface area contributed by atoms with E-state index in [1.807, 2.05) is 34.9 Å². The molecule has 116 valence electrons. The highest BCUT2D eigenvalue weighted by atomic mass is 16.6. The van der Waals surface area contributed by atoms with Crippen molar-refractivity contribution in [1.82, 2.24) is 4.90 Å². The topological polar surface area (TPSA) is 44.8 Å². The van der Waals surface area contributed by atoms with Gasteiger partial charge in [0.2, 0.25) is 0 Å². The van der Waals surface area contributed by atoms with E-state index in [0.29, 0.717) is 19.1 Å². The highest BCUT2D eigenvalue weighted by Gasteiger charge is 2.33. The summed E-state index contributed by atoms with van der Waals surface area (Å²) < 4.78 is 5.34. The number of hydrogen-bond acceptors (Lipinski definition) is 4. The maximum atomic E-state index is 11.8. The van der Waals surface area contributed by atoms with Gasteiger partial charge in [0.15, 0.2) is 0 Å². The van der Waals surface area contributed by atoms with Crippen LogP contribution in [-0.2, 0) is 4.74 Å². The molecule has 0 saturated carbocycles. The van der Waals surface area contributed by atoms with E-state index in [1.54, 1.807) is 4.90 Å². The number of anilines is 2. The van der Waals surface area contributed by atoms with Gasteiger partial charge in [-0.15, -0.1) is 0 Å². The number of likely N-dealkylation sites (tertiary alicyclic amines) is 1. The molecule has 1 saturated heterocycles. The van der Waals surface area contributed by atoms with Gasteiger partial charge in [0, 0.05) is 38.6 Å². The van der Waals surface area contributed by atoms with Gasteiger partial charge in [-0.2, -0.15) is 0 Å². The van der Waals surface area contributed by atoms with Gasteiger partial charge in [-0.1, -0.05) is 0 Å². The first-order chi connectivity index (χ1) is 9.74. The molecule has 0 aromatic heterocycles. The molecule has 1 aliphatic heterocycles. The summed E-state index contributed by atoms with van der Waals surface area (Å²) in [6.45, 7) is 7.01. The maximum Gasteiger partial charge on any atom is 0.410 e. The average molecular weight is 291 g/mol. The summed E-state index contributed by atoms with van der Waals surface area (Å²) in [7, 11) is 4.04. The molecule has 1 aromatic rings. The second-order valence-corrected chi connectivity index (χ2v) is 6.67. The lowest BCUT2D eigenvalue weighted by molar-refractivity contribution is 0.0105. The predicted octanol–water partition coefficient (Wildman–Crippen LogP) is 2.78. The highest BCUT2D eigenvalue weighted by molar-refractivity contribution is 5.69. The van der Waals surface area contributed by atoms with Crippen molar-refractivity contribution in [1.29, 1.82) is 0 Å². The monoisotopic (exact) mass is 291 g/mol. The first-order valence-corrected chi connectivity index (χ1v) is 7.26. The van der Waals surface area contributed by atoms with E-state index in [1.165, 1.54) is 5.69 Å². The van der Waals surface area contributed by atoms with Crippen molar-refractivity contribution in [3.05, 3.63) is 24.3 Å². The second kappa shape index (κ2) is 5.84. The SMILES string of the molecule is CN(C)c1ccc(NC2CN(C(=O)OC(C)(C)C)C2)cc1. The van der Waals surface area contributed by atoms with Gasteiger partial charge in [-0.3, -0.25) is 0 Å². The van der Waals surface area contributed by atoms with Gasteiger partial charge >= 0.3 is 6.09 Å². The van der Waals surface area contributed by atoms with E-state index in [9.17, 15) is 4.79 Å². The average Bonchev–Trinajstić information content (AvgIpc) is 2.31. The largest absolute Gasteiger partial charge is 0.444 e. The van der Waals surface area contributed by atoms with E-state index < -0.39 is 5.60 Å². The fourth-order valence-corrected chi connectivity index (χ4v) is 2.14. The lowest BCUT2D eigenvalue weighted by Crippen LogP contribution is -2.57. The molecule has 0 bridgehead atoms. The van der Waals surface area contributed by atoms with Crippen molar-refractivity contribution in [2.75, 3.05) is 37.4 Å². The summed E-state index contributed by atoms with van der Waals surface area (Å²) in [5, 5.41) is 3.42. The van der Waals surface area contributed by atoms with Crippen LogP contribution in [0.5, 0.6) is 0 Å². The van der Waals surface area contributed by atoms with Crippen LogP contribution in [0.15, 0.2) is 24.3 Å². The third-order valence-electron chi connectivity index (χ3n) is 3.29. The Bertz CT molecular complexity index is 485. The van der Waals surface area contributed by atoms with Crippen LogP contribution in [-0.4, -0.2) is 49.8 Å². The minimum atomic E-state index is -0.433. The molecule has 1 amide bonds. The summed E-state index contributed by atoms with van der Waals surface area (Å²) in [6, 6.07) is 8.57. The fraction of sp³-hybridized carbons (Fsp3) is 0.562. The molecule has 0 spiro atoms. The normalized spacial score (nSPS) is 15.4. The highest BCUT2D eigenvalue weighted by Crippen LogP contribution is 2.20. The Morgan fingerprint density at radius 2 is 1.81 bits per heavy atom. The Balaban J connectivity index is 1.79. The summed E-state index contributed by atoms with van der Waals surface area (Å²) in [6.07, 6.45) is -0.233. The zero-order valence-corrected chi connectivity index (χ0v) is 13.5. The number of nitrogens with zero attached hydrogens (tertiary/aromatic N) is 2. The molecule has 0 aliphatic carbocycles. The van der Waals surface area contributed by atoms with Crippen LogP contribution >= 0.6 is 0 Å². The summed E-state index contributed by atoms with van der Waals surface area (Å²) in [4.78, 5) is 15.6. The molecule has 0 atom stereocenters. The third kappa shape index (κ3) is 4.28. The van der Waals surface area contributed by atoms with Gasteiger partial charge in [-0.05, 0) is 45.0 Å². The third-order valence-corrected chi connectivity index (χ3v) is 3.29. The van der Waals surface area contributed by atoms with Crippen molar-refractivity contribution >= 4 is 17.5 Å². The van der Waals surface area contributed by atoms with Crippen LogP contribution in [0.2, 0.25) is 0 Å². The fourth-order valence-electron chi connectivity index (χ4n) is 2.14. The lowest BCUT2D eigenvalue weighted by atomic mass is 10.1. The van der Waals surface area contributed by atoms with Crippen LogP contribution in [0.1, 0.15) is 20.8 Å². The van der Waals surface area contributed by atoms with Gasteiger partial charge < -0.3 is 19.9 Å². The smallest absolute Gasteiger partial charge is 0.410 e. The van der Waals surface area contributed by atoms with Crippen molar-refractivity contribution < 1.29 is 9.53 Å². The van der Waals surface area contributed by atoms with Crippen molar-refractivity contribution in [3.63, 3.8) is 0 Å². The number of nitrogens with one attached hydrogen (secondary N) is 1. The number of amides is 1. The maximum absolute atomic E-state index is 11.8. The lowest BCUT2D eigenvalue weighted by Gasteiger charge is -2.40. The van der Waals surface area contributed by atoms with E-state index in [2.05, 4.69) is 34.5 Å². The Morgan fingerprint density at radius 1 is 1.24 bits per heavy atom. The standard InChI is InChI=1S/C16H25N3O2/c1-16(2,3)21-15(20)19-10-13(11-19)17-12-6-8-14(9-7-12)18(4)5/h6-9,13,17H,10-11H2,1-5H3. The number of hydrogen-bond donors (Lipinski definition) is 1. The molecule has 1 N–H and O–H groups in total. The van der Waals surface area contributed by atoms with Crippen LogP contribution in [0.25, 0.3) is 0 Å². The van der Waals surface area contributed by atoms with Crippen LogP contribution < -0.4 is 10.2 Å². The Kier molecular flexibility index (Phi) is 4.30. The zero-order chi connectivity index (χ0) is 15.6. The minimum absolute atomic E-state index is 0.233. The molecule has 5 heteroatoms. The van der Waals surface area contributed by atoms with Crippen LogP contribution in [0, 0.1) is 0 Å². The molecule has 21 heavy (non-hydrogen) atoms. The summed E-state index contributed by atoms with van der Waals surface area (Å²) in [5.74, 6) is 0. The van der Waals surface area contributed by atoms with Crippen LogP contribution in [0.4, 0.5) is 16.2 Å². The van der Waals surface area contributed by atoms with Crippen molar-refractivity contribution in [2.24, 2.45) is 0 Å². The van der Waals surface area contributed by atoms with Gasteiger partial charge in [0.25, 0.3) is 0 Å². The Morgan fingerprint density at radius 3 is 2.29 bits per heavy atom. The molecule has 1 aliphatic rings. The van der Waals surface area contributed by atoms with Gasteiger partial charge in [0.05, 0.1) is 6.04 Å². The van der Waals surface area contributed by atoms with Gasteiger partial charge in [-0.25, -0.2) is 4.79 Å². The van der Waals surface area contributed by atoms with Gasteiger partial charge in [0.1, 0.15) is 5.60 Å². The van der Waals surface area contributed by atoms with Crippen molar-refractivity contribution in [3.8, 4) is 0 Å².